The minimum atomic E-state index is -3.67. The molecule has 1 amide bonds. The smallest absolute Gasteiger partial charge is 0.240 e. The second kappa shape index (κ2) is 7.85. The van der Waals surface area contributed by atoms with Crippen molar-refractivity contribution in [3.05, 3.63) is 18.2 Å². The summed E-state index contributed by atoms with van der Waals surface area (Å²) >= 11 is 0. The highest BCUT2D eigenvalue weighted by atomic mass is 32.2. The minimum absolute atomic E-state index is 0.0674. The Kier molecular flexibility index (Phi) is 6.06. The number of nitrogens with one attached hydrogen (secondary N) is 1. The molecule has 0 saturated heterocycles. The molecule has 8 heteroatoms. The maximum Gasteiger partial charge on any atom is 0.240 e. The molecule has 0 radical (unpaired) electrons. The molecule has 24 heavy (non-hydrogen) atoms. The van der Waals surface area contributed by atoms with Gasteiger partial charge in [0.05, 0.1) is 4.90 Å². The third-order valence-electron chi connectivity index (χ3n) is 3.53. The zero-order valence-electron chi connectivity index (χ0n) is 14.2. The molecule has 0 aliphatic carbocycles. The third-order valence-corrected chi connectivity index (χ3v) is 4.99. The van der Waals surface area contributed by atoms with Crippen LogP contribution in [0.15, 0.2) is 23.1 Å². The van der Waals surface area contributed by atoms with Crippen molar-refractivity contribution in [2.75, 3.05) is 32.8 Å². The van der Waals surface area contributed by atoms with Gasteiger partial charge in [0.15, 0.2) is 11.5 Å². The number of carbonyl (C=O) groups is 1. The minimum Gasteiger partial charge on any atom is -0.486 e. The van der Waals surface area contributed by atoms with E-state index in [1.807, 2.05) is 13.8 Å². The van der Waals surface area contributed by atoms with Crippen molar-refractivity contribution in [2.45, 2.75) is 25.7 Å². The topological polar surface area (TPSA) is 84.9 Å². The zero-order chi connectivity index (χ0) is 17.7. The van der Waals surface area contributed by atoms with Crippen molar-refractivity contribution in [3.8, 4) is 11.5 Å². The van der Waals surface area contributed by atoms with Gasteiger partial charge in [-0.25, -0.2) is 13.1 Å². The van der Waals surface area contributed by atoms with Gasteiger partial charge >= 0.3 is 0 Å². The lowest BCUT2D eigenvalue weighted by molar-refractivity contribution is -0.129. The van der Waals surface area contributed by atoms with E-state index < -0.39 is 10.0 Å². The van der Waals surface area contributed by atoms with Crippen LogP contribution in [-0.2, 0) is 14.8 Å². The highest BCUT2D eigenvalue weighted by Gasteiger charge is 2.19. The molecule has 1 N–H and O–H groups in total. The van der Waals surface area contributed by atoms with E-state index in [2.05, 4.69) is 4.72 Å². The van der Waals surface area contributed by atoms with Crippen LogP contribution in [0.4, 0.5) is 0 Å². The molecule has 0 atom stereocenters. The maximum absolute atomic E-state index is 12.4. The van der Waals surface area contributed by atoms with Gasteiger partial charge in [-0.1, -0.05) is 13.8 Å². The van der Waals surface area contributed by atoms with Crippen LogP contribution in [0.2, 0.25) is 0 Å². The number of ether oxygens (including phenoxy) is 2. The third kappa shape index (κ3) is 4.85. The molecule has 1 aromatic rings. The van der Waals surface area contributed by atoms with Crippen LogP contribution in [0.1, 0.15) is 20.8 Å². The molecule has 7 nitrogen and oxygen atoms in total. The van der Waals surface area contributed by atoms with Gasteiger partial charge in [0.1, 0.15) is 13.2 Å². The second-order valence-corrected chi connectivity index (χ2v) is 7.83. The van der Waals surface area contributed by atoms with Crippen molar-refractivity contribution in [1.82, 2.24) is 9.62 Å². The molecule has 0 aromatic heterocycles. The van der Waals surface area contributed by atoms with Gasteiger partial charge in [-0.15, -0.1) is 0 Å². The summed E-state index contributed by atoms with van der Waals surface area (Å²) in [6.45, 7) is 7.44. The van der Waals surface area contributed by atoms with Crippen LogP contribution >= 0.6 is 0 Å². The Bertz CT molecular complexity index is 688. The Morgan fingerprint density at radius 1 is 1.25 bits per heavy atom. The van der Waals surface area contributed by atoms with Gasteiger partial charge < -0.3 is 14.4 Å². The number of amides is 1. The van der Waals surface area contributed by atoms with Gasteiger partial charge in [-0.05, 0) is 18.1 Å². The number of rotatable bonds is 7. The first-order chi connectivity index (χ1) is 11.3. The molecule has 0 saturated carbocycles. The quantitative estimate of drug-likeness (QED) is 0.794. The standard InChI is InChI=1S/C16H24N2O5S/c1-12(2)11-18(13(3)19)7-6-17-24(20,21)14-4-5-15-16(10-14)23-9-8-22-15/h4-5,10,12,17H,6-9,11H2,1-3H3. The van der Waals surface area contributed by atoms with E-state index in [9.17, 15) is 13.2 Å². The summed E-state index contributed by atoms with van der Waals surface area (Å²) in [4.78, 5) is 13.3. The Labute approximate surface area is 143 Å². The average molecular weight is 356 g/mol. The van der Waals surface area contributed by atoms with Gasteiger partial charge in [0, 0.05) is 32.6 Å². The normalized spacial score (nSPS) is 13.8. The van der Waals surface area contributed by atoms with Crippen molar-refractivity contribution >= 4 is 15.9 Å². The van der Waals surface area contributed by atoms with Gasteiger partial charge in [0.25, 0.3) is 0 Å². The summed E-state index contributed by atoms with van der Waals surface area (Å²) in [6, 6.07) is 4.52. The molecule has 134 valence electrons. The Morgan fingerprint density at radius 2 is 1.92 bits per heavy atom. The monoisotopic (exact) mass is 356 g/mol. The summed E-state index contributed by atoms with van der Waals surface area (Å²) in [7, 11) is -3.67. The first-order valence-electron chi connectivity index (χ1n) is 7.94. The van der Waals surface area contributed by atoms with Crippen LogP contribution in [-0.4, -0.2) is 52.1 Å². The predicted molar refractivity (Wildman–Crippen MR) is 89.7 cm³/mol. The van der Waals surface area contributed by atoms with E-state index in [1.165, 1.54) is 19.1 Å². The molecule has 2 rings (SSSR count). The number of nitrogens with zero attached hydrogens (tertiary/aromatic N) is 1. The number of sulfonamides is 1. The molecular formula is C16H24N2O5S. The van der Waals surface area contributed by atoms with E-state index in [4.69, 9.17) is 9.47 Å². The molecular weight excluding hydrogens is 332 g/mol. The fraction of sp³-hybridized carbons (Fsp3) is 0.562. The lowest BCUT2D eigenvalue weighted by atomic mass is 10.2. The number of hydrogen-bond acceptors (Lipinski definition) is 5. The molecule has 0 spiro atoms. The van der Waals surface area contributed by atoms with Crippen molar-refractivity contribution in [2.24, 2.45) is 5.92 Å². The summed E-state index contributed by atoms with van der Waals surface area (Å²) in [5.74, 6) is 1.22. The molecule has 1 aromatic carbocycles. The van der Waals surface area contributed by atoms with Crippen LogP contribution in [0.5, 0.6) is 11.5 Å². The summed E-state index contributed by atoms with van der Waals surface area (Å²) in [5.41, 5.74) is 0. The molecule has 0 unspecified atom stereocenters. The van der Waals surface area contributed by atoms with Crippen molar-refractivity contribution < 1.29 is 22.7 Å². The lowest BCUT2D eigenvalue weighted by Crippen LogP contribution is -2.39. The maximum atomic E-state index is 12.4. The van der Waals surface area contributed by atoms with Crippen LogP contribution in [0, 0.1) is 5.92 Å². The van der Waals surface area contributed by atoms with Gasteiger partial charge in [-0.2, -0.15) is 0 Å². The average Bonchev–Trinajstić information content (AvgIpc) is 2.52. The first-order valence-corrected chi connectivity index (χ1v) is 9.43. The molecule has 1 aliphatic rings. The van der Waals surface area contributed by atoms with Crippen molar-refractivity contribution in [3.63, 3.8) is 0 Å². The number of benzene rings is 1. The van der Waals surface area contributed by atoms with Crippen LogP contribution in [0.25, 0.3) is 0 Å². The summed E-state index contributed by atoms with van der Waals surface area (Å²) in [5, 5.41) is 0. The molecule has 0 bridgehead atoms. The highest BCUT2D eigenvalue weighted by Crippen LogP contribution is 2.32. The first kappa shape index (κ1) is 18.5. The van der Waals surface area contributed by atoms with E-state index in [-0.39, 0.29) is 17.3 Å². The van der Waals surface area contributed by atoms with E-state index in [0.717, 1.165) is 0 Å². The Balaban J connectivity index is 1.99. The number of carbonyl (C=O) groups excluding carboxylic acids is 1. The van der Waals surface area contributed by atoms with E-state index in [0.29, 0.717) is 43.7 Å². The summed E-state index contributed by atoms with van der Waals surface area (Å²) < 4.78 is 38.1. The molecule has 1 aliphatic heterocycles. The fourth-order valence-electron chi connectivity index (χ4n) is 2.41. The van der Waals surface area contributed by atoms with Crippen LogP contribution in [0.3, 0.4) is 0 Å². The highest BCUT2D eigenvalue weighted by molar-refractivity contribution is 7.89. The largest absolute Gasteiger partial charge is 0.486 e. The number of hydrogen-bond donors (Lipinski definition) is 1. The molecule has 1 heterocycles. The lowest BCUT2D eigenvalue weighted by Gasteiger charge is -2.23. The van der Waals surface area contributed by atoms with Gasteiger partial charge in [0.2, 0.25) is 15.9 Å². The van der Waals surface area contributed by atoms with Crippen LogP contribution < -0.4 is 14.2 Å². The van der Waals surface area contributed by atoms with Gasteiger partial charge in [-0.3, -0.25) is 4.79 Å². The SMILES string of the molecule is CC(=O)N(CCNS(=O)(=O)c1ccc2c(c1)OCCO2)CC(C)C. The van der Waals surface area contributed by atoms with E-state index in [1.54, 1.807) is 11.0 Å². The van der Waals surface area contributed by atoms with Crippen molar-refractivity contribution in [1.29, 1.82) is 0 Å². The Hall–Kier alpha value is -1.80. The molecule has 0 fully saturated rings. The fourth-order valence-corrected chi connectivity index (χ4v) is 3.44. The Morgan fingerprint density at radius 3 is 2.54 bits per heavy atom. The predicted octanol–water partition coefficient (Wildman–Crippen LogP) is 1.24. The van der Waals surface area contributed by atoms with E-state index >= 15 is 0 Å². The summed E-state index contributed by atoms with van der Waals surface area (Å²) in [6.07, 6.45) is 0. The second-order valence-electron chi connectivity index (χ2n) is 6.06. The zero-order valence-corrected chi connectivity index (χ0v) is 15.1. The number of fused-ring (bicyclic) bond motifs is 1.